The van der Waals surface area contributed by atoms with Gasteiger partial charge in [-0.25, -0.2) is 0 Å². The Morgan fingerprint density at radius 3 is 3.00 bits per heavy atom. The van der Waals surface area contributed by atoms with Crippen LogP contribution in [0.25, 0.3) is 0 Å². The quantitative estimate of drug-likeness (QED) is 0.571. The fourth-order valence-corrected chi connectivity index (χ4v) is 0.732. The van der Waals surface area contributed by atoms with E-state index in [1.165, 1.54) is 6.26 Å². The zero-order chi connectivity index (χ0) is 6.69. The smallest absolute Gasteiger partial charge is 0.0996 e. The summed E-state index contributed by atoms with van der Waals surface area (Å²) in [5, 5.41) is 9.13. The molecule has 0 aromatic carbocycles. The van der Waals surface area contributed by atoms with E-state index in [4.69, 9.17) is 9.84 Å². The van der Waals surface area contributed by atoms with Crippen molar-refractivity contribution in [2.24, 2.45) is 0 Å². The lowest BCUT2D eigenvalue weighted by Crippen LogP contribution is -2.08. The molecule has 0 fully saturated rings. The normalized spacial score (nSPS) is 25.1. The van der Waals surface area contributed by atoms with Gasteiger partial charge in [0.15, 0.2) is 0 Å². The molecule has 0 amide bonds. The molecule has 1 unspecified atom stereocenters. The van der Waals surface area contributed by atoms with Gasteiger partial charge in [0.1, 0.15) is 0 Å². The predicted octanol–water partition coefficient (Wildman–Crippen LogP) is 1.19. The predicted molar refractivity (Wildman–Crippen MR) is 34.6 cm³/mol. The summed E-state index contributed by atoms with van der Waals surface area (Å²) in [7, 11) is 0. The molecular formula is C7H10O2. The van der Waals surface area contributed by atoms with Crippen molar-refractivity contribution in [3.63, 3.8) is 0 Å². The van der Waals surface area contributed by atoms with Crippen LogP contribution in [0.4, 0.5) is 0 Å². The standard InChI is InChI=1S/C7H10O2/c1-2-6-5-9-4-3-7(6)8/h3-5,7-8H,2H2,1H3. The third kappa shape index (κ3) is 1.33. The van der Waals surface area contributed by atoms with Crippen LogP contribution in [0.5, 0.6) is 0 Å². The van der Waals surface area contributed by atoms with Crippen molar-refractivity contribution >= 4 is 0 Å². The van der Waals surface area contributed by atoms with Crippen LogP contribution in [0, 0.1) is 0 Å². The van der Waals surface area contributed by atoms with Crippen molar-refractivity contribution in [3.05, 3.63) is 24.2 Å². The third-order valence-electron chi connectivity index (χ3n) is 1.35. The van der Waals surface area contributed by atoms with Gasteiger partial charge in [0.2, 0.25) is 0 Å². The maximum atomic E-state index is 9.13. The zero-order valence-corrected chi connectivity index (χ0v) is 5.37. The largest absolute Gasteiger partial charge is 0.473 e. The van der Waals surface area contributed by atoms with Crippen molar-refractivity contribution in [2.75, 3.05) is 0 Å². The Morgan fingerprint density at radius 2 is 2.56 bits per heavy atom. The number of hydrogen-bond donors (Lipinski definition) is 1. The summed E-state index contributed by atoms with van der Waals surface area (Å²) in [5.74, 6) is 0. The van der Waals surface area contributed by atoms with Gasteiger partial charge in [0, 0.05) is 0 Å². The molecule has 0 radical (unpaired) electrons. The minimum atomic E-state index is -0.427. The highest BCUT2D eigenvalue weighted by atomic mass is 16.5. The first-order valence-electron chi connectivity index (χ1n) is 3.03. The zero-order valence-electron chi connectivity index (χ0n) is 5.37. The van der Waals surface area contributed by atoms with Crippen LogP contribution < -0.4 is 0 Å². The lowest BCUT2D eigenvalue weighted by Gasteiger charge is -2.11. The first-order valence-corrected chi connectivity index (χ1v) is 3.03. The van der Waals surface area contributed by atoms with Crippen molar-refractivity contribution in [3.8, 4) is 0 Å². The van der Waals surface area contributed by atoms with E-state index in [0.717, 1.165) is 12.0 Å². The monoisotopic (exact) mass is 126 g/mol. The van der Waals surface area contributed by atoms with Gasteiger partial charge in [-0.3, -0.25) is 0 Å². The van der Waals surface area contributed by atoms with E-state index in [1.807, 2.05) is 6.92 Å². The van der Waals surface area contributed by atoms with Crippen LogP contribution in [0.3, 0.4) is 0 Å². The van der Waals surface area contributed by atoms with Gasteiger partial charge in [-0.2, -0.15) is 0 Å². The lowest BCUT2D eigenvalue weighted by atomic mass is 10.1. The number of aliphatic hydroxyl groups is 1. The average Bonchev–Trinajstić information content (AvgIpc) is 1.89. The van der Waals surface area contributed by atoms with Crippen molar-refractivity contribution in [2.45, 2.75) is 19.4 Å². The van der Waals surface area contributed by atoms with Gasteiger partial charge in [-0.1, -0.05) is 6.92 Å². The van der Waals surface area contributed by atoms with E-state index < -0.39 is 6.10 Å². The molecule has 0 saturated carbocycles. The van der Waals surface area contributed by atoms with Crippen molar-refractivity contribution in [1.82, 2.24) is 0 Å². The molecular weight excluding hydrogens is 116 g/mol. The molecule has 2 heteroatoms. The highest BCUT2D eigenvalue weighted by Gasteiger charge is 2.07. The number of aliphatic hydroxyl groups excluding tert-OH is 1. The summed E-state index contributed by atoms with van der Waals surface area (Å²) < 4.78 is 4.84. The summed E-state index contributed by atoms with van der Waals surface area (Å²) in [6.45, 7) is 1.98. The van der Waals surface area contributed by atoms with Crippen LogP contribution in [-0.4, -0.2) is 11.2 Å². The summed E-state index contributed by atoms with van der Waals surface area (Å²) >= 11 is 0. The molecule has 0 spiro atoms. The van der Waals surface area contributed by atoms with Crippen LogP contribution in [-0.2, 0) is 4.74 Å². The van der Waals surface area contributed by atoms with Crippen LogP contribution in [0.1, 0.15) is 13.3 Å². The van der Waals surface area contributed by atoms with Gasteiger partial charge in [-0.05, 0) is 18.1 Å². The van der Waals surface area contributed by atoms with Crippen LogP contribution in [0.2, 0.25) is 0 Å². The molecule has 1 heterocycles. The second-order valence-corrected chi connectivity index (χ2v) is 1.96. The summed E-state index contributed by atoms with van der Waals surface area (Å²) in [6.07, 6.45) is 5.11. The SMILES string of the molecule is CCC1=COC=CC1O. The Labute approximate surface area is 54.5 Å². The highest BCUT2D eigenvalue weighted by Crippen LogP contribution is 2.12. The van der Waals surface area contributed by atoms with Crippen LogP contribution >= 0.6 is 0 Å². The Balaban J connectivity index is 2.59. The Hall–Kier alpha value is -0.760. The van der Waals surface area contributed by atoms with E-state index in [9.17, 15) is 0 Å². The number of rotatable bonds is 1. The average molecular weight is 126 g/mol. The summed E-state index contributed by atoms with van der Waals surface area (Å²) in [5.41, 5.74) is 0.928. The van der Waals surface area contributed by atoms with Crippen LogP contribution in [0.15, 0.2) is 24.2 Å². The van der Waals surface area contributed by atoms with Gasteiger partial charge in [-0.15, -0.1) is 0 Å². The second kappa shape index (κ2) is 2.69. The van der Waals surface area contributed by atoms with E-state index in [2.05, 4.69) is 0 Å². The number of hydrogen-bond acceptors (Lipinski definition) is 2. The Bertz CT molecular complexity index is 147. The third-order valence-corrected chi connectivity index (χ3v) is 1.35. The molecule has 1 N–H and O–H groups in total. The molecule has 9 heavy (non-hydrogen) atoms. The molecule has 1 aliphatic heterocycles. The van der Waals surface area contributed by atoms with E-state index in [1.54, 1.807) is 12.3 Å². The molecule has 1 atom stereocenters. The van der Waals surface area contributed by atoms with Gasteiger partial charge in [0.05, 0.1) is 18.6 Å². The lowest BCUT2D eigenvalue weighted by molar-refractivity contribution is 0.231. The molecule has 0 saturated heterocycles. The van der Waals surface area contributed by atoms with Gasteiger partial charge in [0.25, 0.3) is 0 Å². The molecule has 50 valence electrons. The van der Waals surface area contributed by atoms with Crippen molar-refractivity contribution in [1.29, 1.82) is 0 Å². The second-order valence-electron chi connectivity index (χ2n) is 1.96. The maximum absolute atomic E-state index is 9.13. The Morgan fingerprint density at radius 1 is 1.78 bits per heavy atom. The molecule has 1 rings (SSSR count). The first kappa shape index (κ1) is 6.36. The molecule has 0 bridgehead atoms. The number of ether oxygens (including phenoxy) is 1. The summed E-state index contributed by atoms with van der Waals surface area (Å²) in [6, 6.07) is 0. The molecule has 0 aromatic rings. The molecule has 0 aromatic heterocycles. The van der Waals surface area contributed by atoms with E-state index >= 15 is 0 Å². The highest BCUT2D eigenvalue weighted by molar-refractivity contribution is 5.14. The summed E-state index contributed by atoms with van der Waals surface area (Å²) in [4.78, 5) is 0. The van der Waals surface area contributed by atoms with Gasteiger partial charge < -0.3 is 9.84 Å². The van der Waals surface area contributed by atoms with E-state index in [-0.39, 0.29) is 0 Å². The minimum absolute atomic E-state index is 0.427. The van der Waals surface area contributed by atoms with Crippen molar-refractivity contribution < 1.29 is 9.84 Å². The topological polar surface area (TPSA) is 29.5 Å². The molecule has 0 aliphatic carbocycles. The molecule has 2 nitrogen and oxygen atoms in total. The Kier molecular flexibility index (Phi) is 1.90. The maximum Gasteiger partial charge on any atom is 0.0996 e. The van der Waals surface area contributed by atoms with E-state index in [0.29, 0.717) is 0 Å². The fourth-order valence-electron chi connectivity index (χ4n) is 0.732. The van der Waals surface area contributed by atoms with Gasteiger partial charge >= 0.3 is 0 Å². The minimum Gasteiger partial charge on any atom is -0.473 e. The molecule has 1 aliphatic rings. The first-order chi connectivity index (χ1) is 4.34. The fraction of sp³-hybridized carbons (Fsp3) is 0.429.